The van der Waals surface area contributed by atoms with Crippen LogP contribution in [-0.2, 0) is 9.47 Å². The Labute approximate surface area is 199 Å². The Morgan fingerprint density at radius 3 is 2.57 bits per heavy atom. The normalized spacial score (nSPS) is 36.4. The molecule has 2 aliphatic carbocycles. The molecule has 4 unspecified atom stereocenters. The molecular formula is C23H41IN4O2. The van der Waals surface area contributed by atoms with Crippen LogP contribution in [0.3, 0.4) is 0 Å². The van der Waals surface area contributed by atoms with E-state index in [1.807, 2.05) is 0 Å². The van der Waals surface area contributed by atoms with Crippen LogP contribution in [0.5, 0.6) is 0 Å². The Balaban J connectivity index is 0.00000218. The van der Waals surface area contributed by atoms with Gasteiger partial charge in [-0.1, -0.05) is 12.8 Å². The number of fused-ring (bicyclic) bond motifs is 2. The van der Waals surface area contributed by atoms with Gasteiger partial charge in [0.25, 0.3) is 0 Å². The molecule has 172 valence electrons. The van der Waals surface area contributed by atoms with Gasteiger partial charge in [0.2, 0.25) is 0 Å². The van der Waals surface area contributed by atoms with Crippen molar-refractivity contribution in [3.63, 3.8) is 0 Å². The third-order valence-electron chi connectivity index (χ3n) is 8.36. The molecule has 4 atom stereocenters. The molecule has 6 nitrogen and oxygen atoms in total. The van der Waals surface area contributed by atoms with Gasteiger partial charge in [0.15, 0.2) is 5.96 Å². The fraction of sp³-hybridized carbons (Fsp3) is 0.957. The van der Waals surface area contributed by atoms with Crippen LogP contribution in [0, 0.1) is 17.3 Å². The standard InChI is InChI=1S/C23H40N4O2.HI/c1-2-24-22(25-18-5-11-27(12-6-18)15-17-7-13-28-16-17)26-20-19-8-14-29-21(19)23(20)9-3-4-10-23;/h17-21H,2-16H2,1H3,(H2,24,25,26);1H. The minimum absolute atomic E-state index is 0. The largest absolute Gasteiger partial charge is 0.381 e. The lowest BCUT2D eigenvalue weighted by Gasteiger charge is -2.57. The summed E-state index contributed by atoms with van der Waals surface area (Å²) in [5, 5.41) is 7.71. The number of nitrogens with zero attached hydrogens (tertiary/aromatic N) is 2. The molecule has 3 saturated heterocycles. The van der Waals surface area contributed by atoms with Crippen LogP contribution in [0.2, 0.25) is 0 Å². The van der Waals surface area contributed by atoms with Crippen LogP contribution >= 0.6 is 24.0 Å². The molecule has 30 heavy (non-hydrogen) atoms. The maximum absolute atomic E-state index is 6.16. The van der Waals surface area contributed by atoms with Crippen molar-refractivity contribution < 1.29 is 9.47 Å². The minimum Gasteiger partial charge on any atom is -0.381 e. The van der Waals surface area contributed by atoms with Crippen molar-refractivity contribution in [2.45, 2.75) is 76.5 Å². The summed E-state index contributed by atoms with van der Waals surface area (Å²) in [6, 6.07) is 1.09. The zero-order valence-corrected chi connectivity index (χ0v) is 20.9. The molecule has 1 spiro atoms. The zero-order chi connectivity index (χ0) is 19.7. The minimum atomic E-state index is 0. The number of hydrogen-bond donors (Lipinski definition) is 2. The second-order valence-electron chi connectivity index (χ2n) is 10.1. The molecule has 3 heterocycles. The van der Waals surface area contributed by atoms with Gasteiger partial charge in [-0.2, -0.15) is 0 Å². The van der Waals surface area contributed by atoms with Gasteiger partial charge in [-0.05, 0) is 51.4 Å². The maximum atomic E-state index is 6.16. The van der Waals surface area contributed by atoms with E-state index < -0.39 is 0 Å². The van der Waals surface area contributed by atoms with E-state index in [9.17, 15) is 0 Å². The van der Waals surface area contributed by atoms with Crippen LogP contribution < -0.4 is 10.6 Å². The lowest BCUT2D eigenvalue weighted by Crippen LogP contribution is -2.69. The number of nitrogens with one attached hydrogen (secondary N) is 2. The molecule has 0 aromatic heterocycles. The molecule has 0 bridgehead atoms. The first kappa shape index (κ1) is 23.1. The molecular weight excluding hydrogens is 491 g/mol. The molecule has 2 saturated carbocycles. The number of guanidine groups is 1. The summed E-state index contributed by atoms with van der Waals surface area (Å²) in [6.07, 6.45) is 10.8. The first-order valence-electron chi connectivity index (χ1n) is 12.3. The topological polar surface area (TPSA) is 58.1 Å². The Bertz CT molecular complexity index is 584. The molecule has 5 fully saturated rings. The third-order valence-corrected chi connectivity index (χ3v) is 8.36. The van der Waals surface area contributed by atoms with Crippen molar-refractivity contribution >= 4 is 29.9 Å². The summed E-state index contributed by atoms with van der Waals surface area (Å²) in [5.41, 5.74) is 0.379. The molecule has 0 radical (unpaired) electrons. The Hall–Kier alpha value is -0.120. The number of halogens is 1. The van der Waals surface area contributed by atoms with Crippen LogP contribution in [0.4, 0.5) is 0 Å². The summed E-state index contributed by atoms with van der Waals surface area (Å²) in [4.78, 5) is 7.47. The number of ether oxygens (including phenoxy) is 2. The van der Waals surface area contributed by atoms with Gasteiger partial charge in [0.1, 0.15) is 0 Å². The van der Waals surface area contributed by atoms with Crippen molar-refractivity contribution in [3.05, 3.63) is 0 Å². The first-order chi connectivity index (χ1) is 14.3. The van der Waals surface area contributed by atoms with E-state index in [-0.39, 0.29) is 24.0 Å². The van der Waals surface area contributed by atoms with Crippen molar-refractivity contribution in [2.75, 3.05) is 46.0 Å². The Morgan fingerprint density at radius 1 is 1.07 bits per heavy atom. The highest BCUT2D eigenvalue weighted by Gasteiger charge is 2.65. The summed E-state index contributed by atoms with van der Waals surface area (Å²) >= 11 is 0. The van der Waals surface area contributed by atoms with E-state index in [2.05, 4.69) is 22.5 Å². The van der Waals surface area contributed by atoms with E-state index in [0.29, 0.717) is 29.5 Å². The van der Waals surface area contributed by atoms with Crippen LogP contribution in [-0.4, -0.2) is 75.0 Å². The number of likely N-dealkylation sites (tertiary alicyclic amines) is 1. The third kappa shape index (κ3) is 4.50. The molecule has 0 aromatic rings. The van der Waals surface area contributed by atoms with E-state index in [1.165, 1.54) is 71.0 Å². The summed E-state index contributed by atoms with van der Waals surface area (Å²) in [7, 11) is 0. The van der Waals surface area contributed by atoms with E-state index in [1.54, 1.807) is 0 Å². The van der Waals surface area contributed by atoms with Gasteiger partial charge in [0, 0.05) is 62.8 Å². The number of piperidine rings is 1. The highest BCUT2D eigenvalue weighted by molar-refractivity contribution is 14.0. The van der Waals surface area contributed by atoms with Crippen molar-refractivity contribution in [3.8, 4) is 0 Å². The molecule has 7 heteroatoms. The second kappa shape index (κ2) is 10.2. The molecule has 3 aliphatic heterocycles. The van der Waals surface area contributed by atoms with Gasteiger partial charge in [-0.15, -0.1) is 24.0 Å². The number of hydrogen-bond acceptors (Lipinski definition) is 4. The smallest absolute Gasteiger partial charge is 0.191 e. The van der Waals surface area contributed by atoms with Crippen LogP contribution in [0.1, 0.15) is 58.3 Å². The van der Waals surface area contributed by atoms with E-state index >= 15 is 0 Å². The maximum Gasteiger partial charge on any atom is 0.191 e. The monoisotopic (exact) mass is 532 g/mol. The van der Waals surface area contributed by atoms with Crippen molar-refractivity contribution in [1.82, 2.24) is 15.5 Å². The quantitative estimate of drug-likeness (QED) is 0.324. The lowest BCUT2D eigenvalue weighted by atomic mass is 9.54. The highest BCUT2D eigenvalue weighted by atomic mass is 127. The molecule has 0 amide bonds. The predicted molar refractivity (Wildman–Crippen MR) is 131 cm³/mol. The molecule has 5 rings (SSSR count). The molecule has 0 aromatic carbocycles. The van der Waals surface area contributed by atoms with Crippen molar-refractivity contribution in [1.29, 1.82) is 0 Å². The second-order valence-corrected chi connectivity index (χ2v) is 10.1. The van der Waals surface area contributed by atoms with E-state index in [0.717, 1.165) is 38.2 Å². The fourth-order valence-corrected chi connectivity index (χ4v) is 6.89. The first-order valence-corrected chi connectivity index (χ1v) is 12.3. The van der Waals surface area contributed by atoms with E-state index in [4.69, 9.17) is 14.5 Å². The number of aliphatic imine (C=N–C) groups is 1. The molecule has 2 N–H and O–H groups in total. The number of rotatable bonds is 5. The Kier molecular flexibility index (Phi) is 7.85. The average molecular weight is 533 g/mol. The summed E-state index contributed by atoms with van der Waals surface area (Å²) in [6.45, 7) is 9.45. The van der Waals surface area contributed by atoms with Crippen molar-refractivity contribution in [2.24, 2.45) is 22.2 Å². The van der Waals surface area contributed by atoms with Gasteiger partial charge in [0.05, 0.1) is 12.7 Å². The highest BCUT2D eigenvalue weighted by Crippen LogP contribution is 2.60. The van der Waals surface area contributed by atoms with Gasteiger partial charge < -0.3 is 25.0 Å². The predicted octanol–water partition coefficient (Wildman–Crippen LogP) is 3.01. The van der Waals surface area contributed by atoms with Crippen LogP contribution in [0.15, 0.2) is 4.99 Å². The molecule has 5 aliphatic rings. The fourth-order valence-electron chi connectivity index (χ4n) is 6.89. The SMILES string of the molecule is CCN=C(NC1CCN(CC2CCOC2)CC1)NC1C2CCOC2C12CCCC2.I. The Morgan fingerprint density at radius 2 is 1.87 bits per heavy atom. The van der Waals surface area contributed by atoms with Crippen LogP contribution in [0.25, 0.3) is 0 Å². The lowest BCUT2D eigenvalue weighted by molar-refractivity contribution is -0.125. The average Bonchev–Trinajstić information content (AvgIpc) is 3.48. The van der Waals surface area contributed by atoms with Gasteiger partial charge in [-0.3, -0.25) is 4.99 Å². The van der Waals surface area contributed by atoms with Gasteiger partial charge >= 0.3 is 0 Å². The zero-order valence-electron chi connectivity index (χ0n) is 18.6. The summed E-state index contributed by atoms with van der Waals surface area (Å²) < 4.78 is 11.7. The summed E-state index contributed by atoms with van der Waals surface area (Å²) in [5.74, 6) is 2.49. The van der Waals surface area contributed by atoms with Gasteiger partial charge in [-0.25, -0.2) is 0 Å².